The maximum absolute atomic E-state index is 11.6. The van der Waals surface area contributed by atoms with Crippen molar-refractivity contribution in [2.75, 3.05) is 4.90 Å². The fraction of sp³-hybridized carbons (Fsp3) is 0.0769. The number of halogens is 1. The normalized spacial score (nSPS) is 10.1. The van der Waals surface area contributed by atoms with Crippen molar-refractivity contribution in [2.45, 2.75) is 5.88 Å². The molecule has 0 unspecified atom stereocenters. The molecule has 2 amide bonds. The van der Waals surface area contributed by atoms with Gasteiger partial charge in [0.2, 0.25) is 0 Å². The summed E-state index contributed by atoms with van der Waals surface area (Å²) in [5.41, 5.74) is 6.96. The van der Waals surface area contributed by atoms with E-state index in [-0.39, 0.29) is 0 Å². The second-order valence-electron chi connectivity index (χ2n) is 3.67. The summed E-state index contributed by atoms with van der Waals surface area (Å²) < 4.78 is 0. The van der Waals surface area contributed by atoms with E-state index >= 15 is 0 Å². The van der Waals surface area contributed by atoms with Gasteiger partial charge < -0.3 is 5.73 Å². The quantitative estimate of drug-likeness (QED) is 0.864. The molecule has 0 atom stereocenters. The Morgan fingerprint density at radius 1 is 1.28 bits per heavy atom. The third-order valence-electron chi connectivity index (χ3n) is 2.43. The van der Waals surface area contributed by atoms with Crippen molar-refractivity contribution in [3.05, 3.63) is 54.2 Å². The van der Waals surface area contributed by atoms with Crippen LogP contribution in [0, 0.1) is 0 Å². The highest BCUT2D eigenvalue weighted by Crippen LogP contribution is 2.23. The number of benzene rings is 1. The van der Waals surface area contributed by atoms with Crippen LogP contribution in [-0.4, -0.2) is 11.0 Å². The standard InChI is InChI=1S/C13H12ClN3O/c14-9-10-6-7-16-12(8-10)17(13(15)18)11-4-2-1-3-5-11/h1-8H,9H2,(H2,15,18). The molecule has 0 aliphatic rings. The van der Waals surface area contributed by atoms with Gasteiger partial charge in [-0.25, -0.2) is 14.7 Å². The van der Waals surface area contributed by atoms with Gasteiger partial charge in [0.05, 0.1) is 5.69 Å². The molecule has 5 heteroatoms. The van der Waals surface area contributed by atoms with E-state index in [1.54, 1.807) is 30.5 Å². The number of carbonyl (C=O) groups excluding carboxylic acids is 1. The Morgan fingerprint density at radius 3 is 2.61 bits per heavy atom. The number of anilines is 2. The van der Waals surface area contributed by atoms with Crippen LogP contribution in [0.1, 0.15) is 5.56 Å². The number of urea groups is 1. The highest BCUT2D eigenvalue weighted by molar-refractivity contribution is 6.17. The van der Waals surface area contributed by atoms with Crippen LogP contribution in [0.25, 0.3) is 0 Å². The minimum Gasteiger partial charge on any atom is -0.351 e. The van der Waals surface area contributed by atoms with Crippen molar-refractivity contribution in [3.8, 4) is 0 Å². The summed E-state index contributed by atoms with van der Waals surface area (Å²) in [4.78, 5) is 17.1. The fourth-order valence-corrected chi connectivity index (χ4v) is 1.78. The first kappa shape index (κ1) is 12.4. The van der Waals surface area contributed by atoms with E-state index in [9.17, 15) is 4.79 Å². The fourth-order valence-electron chi connectivity index (χ4n) is 1.62. The van der Waals surface area contributed by atoms with Crippen molar-refractivity contribution in [1.29, 1.82) is 0 Å². The molecule has 1 heterocycles. The number of hydrogen-bond acceptors (Lipinski definition) is 2. The highest BCUT2D eigenvalue weighted by Gasteiger charge is 2.16. The zero-order valence-corrected chi connectivity index (χ0v) is 10.3. The van der Waals surface area contributed by atoms with E-state index in [1.165, 1.54) is 4.90 Å². The molecular weight excluding hydrogens is 250 g/mol. The minimum atomic E-state index is -0.583. The van der Waals surface area contributed by atoms with Crippen molar-refractivity contribution in [2.24, 2.45) is 5.73 Å². The van der Waals surface area contributed by atoms with Gasteiger partial charge in [0.25, 0.3) is 0 Å². The number of nitrogens with two attached hydrogens (primary N) is 1. The van der Waals surface area contributed by atoms with Gasteiger partial charge >= 0.3 is 6.03 Å². The predicted octanol–water partition coefficient (Wildman–Crippen LogP) is 3.04. The van der Waals surface area contributed by atoms with Gasteiger partial charge in [-0.2, -0.15) is 0 Å². The first-order chi connectivity index (χ1) is 8.72. The Labute approximate surface area is 110 Å². The summed E-state index contributed by atoms with van der Waals surface area (Å²) in [5.74, 6) is 0.823. The van der Waals surface area contributed by atoms with Crippen LogP contribution in [0.4, 0.5) is 16.3 Å². The summed E-state index contributed by atoms with van der Waals surface area (Å²) in [6.07, 6.45) is 1.60. The summed E-state index contributed by atoms with van der Waals surface area (Å²) in [5, 5.41) is 0. The number of primary amides is 1. The molecule has 18 heavy (non-hydrogen) atoms. The smallest absolute Gasteiger partial charge is 0.325 e. The lowest BCUT2D eigenvalue weighted by Gasteiger charge is -2.19. The SMILES string of the molecule is NC(=O)N(c1ccccc1)c1cc(CCl)ccn1. The molecule has 0 spiro atoms. The molecule has 0 saturated carbocycles. The van der Waals surface area contributed by atoms with Gasteiger partial charge in [0.1, 0.15) is 5.82 Å². The monoisotopic (exact) mass is 261 g/mol. The Kier molecular flexibility index (Phi) is 3.79. The van der Waals surface area contributed by atoms with Crippen LogP contribution in [-0.2, 0) is 5.88 Å². The predicted molar refractivity (Wildman–Crippen MR) is 72.0 cm³/mol. The summed E-state index contributed by atoms with van der Waals surface area (Å²) in [6.45, 7) is 0. The molecule has 1 aromatic heterocycles. The average Bonchev–Trinajstić information content (AvgIpc) is 2.40. The summed E-state index contributed by atoms with van der Waals surface area (Å²) >= 11 is 5.77. The third-order valence-corrected chi connectivity index (χ3v) is 2.74. The van der Waals surface area contributed by atoms with Gasteiger partial charge in [0, 0.05) is 12.1 Å². The Hall–Kier alpha value is -2.07. The van der Waals surface area contributed by atoms with E-state index in [1.807, 2.05) is 18.2 Å². The number of rotatable bonds is 3. The number of carbonyl (C=O) groups is 1. The molecule has 0 bridgehead atoms. The molecule has 0 aliphatic heterocycles. The van der Waals surface area contributed by atoms with Crippen molar-refractivity contribution in [1.82, 2.24) is 4.98 Å². The number of hydrogen-bond donors (Lipinski definition) is 1. The van der Waals surface area contributed by atoms with E-state index < -0.39 is 6.03 Å². The van der Waals surface area contributed by atoms with Crippen LogP contribution in [0.3, 0.4) is 0 Å². The number of alkyl halides is 1. The molecular formula is C13H12ClN3O. The topological polar surface area (TPSA) is 59.2 Å². The van der Waals surface area contributed by atoms with Crippen molar-refractivity contribution >= 4 is 29.1 Å². The van der Waals surface area contributed by atoms with Gasteiger partial charge in [-0.1, -0.05) is 18.2 Å². The maximum atomic E-state index is 11.6. The summed E-state index contributed by atoms with van der Waals surface area (Å²) in [6, 6.07) is 12.1. The largest absolute Gasteiger partial charge is 0.351 e. The Balaban J connectivity index is 2.45. The van der Waals surface area contributed by atoms with E-state index in [2.05, 4.69) is 4.98 Å². The van der Waals surface area contributed by atoms with Gasteiger partial charge in [-0.3, -0.25) is 0 Å². The number of amides is 2. The summed E-state index contributed by atoms with van der Waals surface area (Å²) in [7, 11) is 0. The Morgan fingerprint density at radius 2 is 2.00 bits per heavy atom. The number of aromatic nitrogens is 1. The van der Waals surface area contributed by atoms with Crippen LogP contribution in [0.15, 0.2) is 48.7 Å². The van der Waals surface area contributed by atoms with Gasteiger partial charge in [-0.05, 0) is 29.8 Å². The number of nitrogens with zero attached hydrogens (tertiary/aromatic N) is 2. The lowest BCUT2D eigenvalue weighted by Crippen LogP contribution is -2.32. The second-order valence-corrected chi connectivity index (χ2v) is 3.93. The highest BCUT2D eigenvalue weighted by atomic mass is 35.5. The van der Waals surface area contributed by atoms with Crippen molar-refractivity contribution < 1.29 is 4.79 Å². The third kappa shape index (κ3) is 2.60. The van der Waals surface area contributed by atoms with Gasteiger partial charge in [-0.15, -0.1) is 11.6 Å². The molecule has 2 aromatic rings. The maximum Gasteiger partial charge on any atom is 0.325 e. The molecule has 0 fully saturated rings. The van der Waals surface area contributed by atoms with Crippen LogP contribution in [0.2, 0.25) is 0 Å². The van der Waals surface area contributed by atoms with Crippen LogP contribution in [0.5, 0.6) is 0 Å². The molecule has 1 aromatic carbocycles. The zero-order chi connectivity index (χ0) is 13.0. The molecule has 0 saturated heterocycles. The van der Waals surface area contributed by atoms with E-state index in [0.29, 0.717) is 17.4 Å². The van der Waals surface area contributed by atoms with Crippen molar-refractivity contribution in [3.63, 3.8) is 0 Å². The second kappa shape index (κ2) is 5.51. The lowest BCUT2D eigenvalue weighted by molar-refractivity contribution is 0.256. The van der Waals surface area contributed by atoms with Crippen LogP contribution < -0.4 is 10.6 Å². The molecule has 4 nitrogen and oxygen atoms in total. The van der Waals surface area contributed by atoms with E-state index in [0.717, 1.165) is 5.56 Å². The van der Waals surface area contributed by atoms with E-state index in [4.69, 9.17) is 17.3 Å². The average molecular weight is 262 g/mol. The lowest BCUT2D eigenvalue weighted by atomic mass is 10.2. The van der Waals surface area contributed by atoms with Gasteiger partial charge in [0.15, 0.2) is 0 Å². The first-order valence-corrected chi connectivity index (χ1v) is 5.91. The number of pyridine rings is 1. The molecule has 0 aliphatic carbocycles. The minimum absolute atomic E-state index is 0.358. The number of para-hydroxylation sites is 1. The molecule has 92 valence electrons. The Bertz CT molecular complexity index is 545. The molecule has 0 radical (unpaired) electrons. The first-order valence-electron chi connectivity index (χ1n) is 5.38. The zero-order valence-electron chi connectivity index (χ0n) is 9.58. The molecule has 2 N–H and O–H groups in total. The molecule has 2 rings (SSSR count). The van der Waals surface area contributed by atoms with Crippen LogP contribution >= 0.6 is 11.6 Å².